The average Bonchev–Trinajstić information content (AvgIpc) is 3.36. The maximum absolute atomic E-state index is 12.4. The van der Waals surface area contributed by atoms with E-state index in [4.69, 9.17) is 13.7 Å². The zero-order valence-corrected chi connectivity index (χ0v) is 14.1. The van der Waals surface area contributed by atoms with E-state index in [1.807, 2.05) is 18.2 Å². The highest BCUT2D eigenvalue weighted by Crippen LogP contribution is 2.24. The van der Waals surface area contributed by atoms with Crippen molar-refractivity contribution in [1.82, 2.24) is 15.5 Å². The van der Waals surface area contributed by atoms with Crippen LogP contribution in [0.15, 0.2) is 57.8 Å². The molecule has 134 valence electrons. The van der Waals surface area contributed by atoms with Gasteiger partial charge in [-0.2, -0.15) is 0 Å². The van der Waals surface area contributed by atoms with E-state index in [-0.39, 0.29) is 23.7 Å². The highest BCUT2D eigenvalue weighted by molar-refractivity contribution is 5.93. The number of nitrogens with zero attached hydrogens (tertiary/aromatic N) is 2. The molecule has 1 aliphatic rings. The number of hydrogen-bond donors (Lipinski definition) is 1. The molecule has 0 saturated heterocycles. The number of nitrogens with one attached hydrogen (secondary N) is 1. The number of aromatic nitrogens is 2. The molecule has 26 heavy (non-hydrogen) atoms. The molecule has 0 spiro atoms. The van der Waals surface area contributed by atoms with Crippen LogP contribution in [0.3, 0.4) is 0 Å². The second-order valence-electron chi connectivity index (χ2n) is 6.29. The lowest BCUT2D eigenvalue weighted by molar-refractivity contribution is 0.0881. The summed E-state index contributed by atoms with van der Waals surface area (Å²) in [6.07, 6.45) is 6.85. The Hall–Kier alpha value is -3.09. The van der Waals surface area contributed by atoms with Crippen molar-refractivity contribution in [3.8, 4) is 17.4 Å². The van der Waals surface area contributed by atoms with Crippen LogP contribution in [0.5, 0.6) is 5.88 Å². The number of hydrogen-bond acceptors (Lipinski definition) is 6. The fourth-order valence-electron chi connectivity index (χ4n) is 3.09. The van der Waals surface area contributed by atoms with Gasteiger partial charge < -0.3 is 19.0 Å². The first-order valence-corrected chi connectivity index (χ1v) is 8.67. The van der Waals surface area contributed by atoms with E-state index < -0.39 is 0 Å². The van der Waals surface area contributed by atoms with Crippen LogP contribution in [0.1, 0.15) is 36.2 Å². The molecule has 3 heterocycles. The minimum atomic E-state index is -0.236. The number of ether oxygens (including phenoxy) is 1. The van der Waals surface area contributed by atoms with Gasteiger partial charge in [-0.15, -0.1) is 0 Å². The molecule has 1 aliphatic carbocycles. The van der Waals surface area contributed by atoms with E-state index in [2.05, 4.69) is 15.5 Å². The number of amides is 1. The second-order valence-corrected chi connectivity index (χ2v) is 6.29. The van der Waals surface area contributed by atoms with E-state index in [9.17, 15) is 4.79 Å². The smallest absolute Gasteiger partial charge is 0.273 e. The third kappa shape index (κ3) is 3.77. The number of rotatable bonds is 5. The van der Waals surface area contributed by atoms with Crippen molar-refractivity contribution < 1.29 is 18.5 Å². The molecular weight excluding hydrogens is 334 g/mol. The summed E-state index contributed by atoms with van der Waals surface area (Å²) in [5.41, 5.74) is 0.253. The van der Waals surface area contributed by atoms with Crippen LogP contribution >= 0.6 is 0 Å². The summed E-state index contributed by atoms with van der Waals surface area (Å²) in [4.78, 5) is 16.5. The number of pyridine rings is 1. The zero-order valence-electron chi connectivity index (χ0n) is 14.1. The molecule has 0 aromatic carbocycles. The maximum Gasteiger partial charge on any atom is 0.273 e. The Morgan fingerprint density at radius 2 is 2.00 bits per heavy atom. The maximum atomic E-state index is 12.4. The number of furan rings is 1. The average molecular weight is 353 g/mol. The summed E-state index contributed by atoms with van der Waals surface area (Å²) >= 11 is 0. The van der Waals surface area contributed by atoms with Crippen molar-refractivity contribution in [2.75, 3.05) is 0 Å². The fourth-order valence-corrected chi connectivity index (χ4v) is 3.09. The Balaban J connectivity index is 1.28. The lowest BCUT2D eigenvalue weighted by Gasteiger charge is -2.28. The number of carbonyl (C=O) groups excluding carboxylic acids is 1. The molecule has 7 nitrogen and oxygen atoms in total. The molecule has 0 radical (unpaired) electrons. The molecular formula is C19H19N3O4. The van der Waals surface area contributed by atoms with Crippen molar-refractivity contribution in [1.29, 1.82) is 0 Å². The first-order valence-electron chi connectivity index (χ1n) is 8.67. The summed E-state index contributed by atoms with van der Waals surface area (Å²) in [6, 6.07) is 10.8. The van der Waals surface area contributed by atoms with Gasteiger partial charge in [0.1, 0.15) is 6.10 Å². The summed E-state index contributed by atoms with van der Waals surface area (Å²) in [5, 5.41) is 6.84. The summed E-state index contributed by atoms with van der Waals surface area (Å²) in [6.45, 7) is 0. The molecule has 1 saturated carbocycles. The highest BCUT2D eigenvalue weighted by atomic mass is 16.5. The van der Waals surface area contributed by atoms with Crippen LogP contribution in [0, 0.1) is 0 Å². The van der Waals surface area contributed by atoms with Crippen LogP contribution in [0.25, 0.3) is 11.5 Å². The van der Waals surface area contributed by atoms with Gasteiger partial charge in [-0.3, -0.25) is 4.79 Å². The van der Waals surface area contributed by atoms with E-state index in [1.54, 1.807) is 30.7 Å². The molecule has 0 bridgehead atoms. The normalized spacial score (nSPS) is 19.8. The minimum Gasteiger partial charge on any atom is -0.474 e. The Morgan fingerprint density at radius 3 is 2.73 bits per heavy atom. The van der Waals surface area contributed by atoms with E-state index in [0.29, 0.717) is 17.4 Å². The van der Waals surface area contributed by atoms with Crippen molar-refractivity contribution >= 4 is 5.91 Å². The number of carbonyl (C=O) groups is 1. The van der Waals surface area contributed by atoms with Gasteiger partial charge in [0.2, 0.25) is 11.6 Å². The van der Waals surface area contributed by atoms with Crippen molar-refractivity contribution in [2.24, 2.45) is 0 Å². The molecule has 4 rings (SSSR count). The molecule has 0 aliphatic heterocycles. The van der Waals surface area contributed by atoms with E-state index in [1.165, 1.54) is 0 Å². The first kappa shape index (κ1) is 16.4. The lowest BCUT2D eigenvalue weighted by Crippen LogP contribution is -2.39. The predicted octanol–water partition coefficient (Wildman–Crippen LogP) is 3.45. The molecule has 0 unspecified atom stereocenters. The van der Waals surface area contributed by atoms with Gasteiger partial charge >= 0.3 is 0 Å². The Labute approximate surface area is 150 Å². The molecule has 3 aromatic heterocycles. The largest absolute Gasteiger partial charge is 0.474 e. The van der Waals surface area contributed by atoms with Gasteiger partial charge in [-0.05, 0) is 43.9 Å². The fraction of sp³-hybridized carbons (Fsp3) is 0.316. The molecule has 7 heteroatoms. The second kappa shape index (κ2) is 7.43. The Bertz CT molecular complexity index is 837. The molecule has 0 atom stereocenters. The Kier molecular flexibility index (Phi) is 4.68. The molecule has 1 N–H and O–H groups in total. The van der Waals surface area contributed by atoms with Gasteiger partial charge in [0.25, 0.3) is 5.91 Å². The topological polar surface area (TPSA) is 90.4 Å². The van der Waals surface area contributed by atoms with Crippen LogP contribution in [-0.2, 0) is 0 Å². The van der Waals surface area contributed by atoms with Gasteiger partial charge in [0, 0.05) is 24.4 Å². The van der Waals surface area contributed by atoms with Crippen LogP contribution in [-0.4, -0.2) is 28.2 Å². The highest BCUT2D eigenvalue weighted by Gasteiger charge is 2.25. The summed E-state index contributed by atoms with van der Waals surface area (Å²) in [7, 11) is 0. The first-order chi connectivity index (χ1) is 12.8. The van der Waals surface area contributed by atoms with Crippen molar-refractivity contribution in [3.05, 3.63) is 54.6 Å². The molecule has 1 amide bonds. The predicted molar refractivity (Wildman–Crippen MR) is 92.6 cm³/mol. The molecule has 1 fully saturated rings. The van der Waals surface area contributed by atoms with Gasteiger partial charge in [-0.25, -0.2) is 4.98 Å². The standard InChI is InChI=1S/C19H19N3O4/c23-19(15-12-17(26-22-15)16-4-3-11-24-16)21-13-6-8-14(9-7-13)25-18-5-1-2-10-20-18/h1-5,10-14H,6-9H2,(H,21,23). The van der Waals surface area contributed by atoms with Crippen LogP contribution < -0.4 is 10.1 Å². The summed E-state index contributed by atoms with van der Waals surface area (Å²) < 4.78 is 16.3. The Morgan fingerprint density at radius 1 is 1.12 bits per heavy atom. The van der Waals surface area contributed by atoms with Gasteiger partial charge in [0.05, 0.1) is 6.26 Å². The van der Waals surface area contributed by atoms with Gasteiger partial charge in [-0.1, -0.05) is 11.2 Å². The van der Waals surface area contributed by atoms with E-state index in [0.717, 1.165) is 25.7 Å². The lowest BCUT2D eigenvalue weighted by atomic mass is 9.93. The van der Waals surface area contributed by atoms with Crippen molar-refractivity contribution in [2.45, 2.75) is 37.8 Å². The minimum absolute atomic E-state index is 0.106. The van der Waals surface area contributed by atoms with Crippen molar-refractivity contribution in [3.63, 3.8) is 0 Å². The third-order valence-corrected chi connectivity index (χ3v) is 4.44. The zero-order chi connectivity index (χ0) is 17.8. The monoisotopic (exact) mass is 353 g/mol. The van der Waals surface area contributed by atoms with E-state index >= 15 is 0 Å². The quantitative estimate of drug-likeness (QED) is 0.755. The third-order valence-electron chi connectivity index (χ3n) is 4.44. The van der Waals surface area contributed by atoms with Gasteiger partial charge in [0.15, 0.2) is 11.5 Å². The summed E-state index contributed by atoms with van der Waals surface area (Å²) in [5.74, 6) is 1.39. The van der Waals surface area contributed by atoms with Crippen LogP contribution in [0.4, 0.5) is 0 Å². The molecule has 3 aromatic rings. The van der Waals surface area contributed by atoms with Crippen LogP contribution in [0.2, 0.25) is 0 Å². The SMILES string of the molecule is O=C(NC1CCC(Oc2ccccn2)CC1)c1cc(-c2ccco2)on1.